The normalized spacial score (nSPS) is 13.1. The molecule has 3 N–H and O–H groups in total. The minimum atomic E-state index is -4.49. The SMILES string of the molecule is Cc1ccc(N)c(S(=O)CC(=O)NCC(F)(F)F)c1. The van der Waals surface area contributed by atoms with Crippen LogP contribution in [0.25, 0.3) is 0 Å². The van der Waals surface area contributed by atoms with Gasteiger partial charge in [0.1, 0.15) is 12.3 Å². The number of rotatable bonds is 4. The number of halogens is 3. The molecule has 0 aliphatic carbocycles. The van der Waals surface area contributed by atoms with Gasteiger partial charge in [-0.2, -0.15) is 13.2 Å². The van der Waals surface area contributed by atoms with Crippen LogP contribution in [0.4, 0.5) is 18.9 Å². The fourth-order valence-electron chi connectivity index (χ4n) is 1.29. The number of aryl methyl sites for hydroxylation is 1. The number of hydrogen-bond donors (Lipinski definition) is 2. The first-order valence-corrected chi connectivity index (χ1v) is 6.59. The molecule has 0 saturated heterocycles. The van der Waals surface area contributed by atoms with Gasteiger partial charge in [0.15, 0.2) is 0 Å². The van der Waals surface area contributed by atoms with Crippen molar-refractivity contribution in [3.05, 3.63) is 23.8 Å². The Kier molecular flexibility index (Phi) is 4.93. The Morgan fingerprint density at radius 2 is 2.05 bits per heavy atom. The number of hydrogen-bond acceptors (Lipinski definition) is 3. The Morgan fingerprint density at radius 1 is 1.42 bits per heavy atom. The Bertz CT molecular complexity index is 503. The summed E-state index contributed by atoms with van der Waals surface area (Å²) in [5, 5.41) is 1.66. The lowest BCUT2D eigenvalue weighted by Crippen LogP contribution is -2.36. The lowest BCUT2D eigenvalue weighted by Gasteiger charge is -2.09. The van der Waals surface area contributed by atoms with Gasteiger partial charge in [-0.25, -0.2) is 0 Å². The topological polar surface area (TPSA) is 72.2 Å². The van der Waals surface area contributed by atoms with Crippen molar-refractivity contribution < 1.29 is 22.2 Å². The molecule has 0 aliphatic heterocycles. The second kappa shape index (κ2) is 6.05. The van der Waals surface area contributed by atoms with Crippen LogP contribution in [-0.4, -0.2) is 28.6 Å². The number of amides is 1. The molecule has 8 heteroatoms. The van der Waals surface area contributed by atoms with E-state index in [9.17, 15) is 22.2 Å². The summed E-state index contributed by atoms with van der Waals surface area (Å²) in [6.07, 6.45) is -4.49. The van der Waals surface area contributed by atoms with E-state index >= 15 is 0 Å². The molecule has 1 aromatic rings. The molecule has 0 heterocycles. The van der Waals surface area contributed by atoms with Crippen LogP contribution in [0, 0.1) is 6.92 Å². The number of nitrogens with two attached hydrogens (primary N) is 1. The van der Waals surface area contributed by atoms with Crippen molar-refractivity contribution >= 4 is 22.4 Å². The summed E-state index contributed by atoms with van der Waals surface area (Å²) in [5.74, 6) is -1.49. The molecule has 1 aromatic carbocycles. The molecule has 4 nitrogen and oxygen atoms in total. The van der Waals surface area contributed by atoms with Crippen molar-refractivity contribution in [3.63, 3.8) is 0 Å². The Labute approximate surface area is 110 Å². The van der Waals surface area contributed by atoms with Crippen LogP contribution in [0.2, 0.25) is 0 Å². The van der Waals surface area contributed by atoms with Gasteiger partial charge < -0.3 is 11.1 Å². The predicted molar refractivity (Wildman–Crippen MR) is 65.9 cm³/mol. The highest BCUT2D eigenvalue weighted by Crippen LogP contribution is 2.18. The molecule has 19 heavy (non-hydrogen) atoms. The van der Waals surface area contributed by atoms with Crippen LogP contribution in [0.5, 0.6) is 0 Å². The molecule has 0 saturated carbocycles. The van der Waals surface area contributed by atoms with Crippen LogP contribution in [0.15, 0.2) is 23.1 Å². The van der Waals surface area contributed by atoms with Crippen LogP contribution in [0.1, 0.15) is 5.56 Å². The molecule has 1 unspecified atom stereocenters. The molecular formula is C11H13F3N2O2S. The molecule has 0 spiro atoms. The molecule has 0 aliphatic rings. The first-order chi connectivity index (χ1) is 8.69. The summed E-state index contributed by atoms with van der Waals surface area (Å²) < 4.78 is 47.5. The summed E-state index contributed by atoms with van der Waals surface area (Å²) in [5.41, 5.74) is 6.65. The largest absolute Gasteiger partial charge is 0.405 e. The Hall–Kier alpha value is -1.57. The standard InChI is InChI=1S/C11H13F3N2O2S/c1-7-2-3-8(15)9(4-7)19(18)5-10(17)16-6-11(12,13)14/h2-4H,5-6,15H2,1H3,(H,16,17). The zero-order valence-electron chi connectivity index (χ0n) is 10.1. The Morgan fingerprint density at radius 3 is 2.63 bits per heavy atom. The fourth-order valence-corrected chi connectivity index (χ4v) is 2.43. The number of alkyl halides is 3. The van der Waals surface area contributed by atoms with Crippen molar-refractivity contribution in [2.75, 3.05) is 18.0 Å². The van der Waals surface area contributed by atoms with Gasteiger partial charge >= 0.3 is 6.18 Å². The number of nitrogens with one attached hydrogen (secondary N) is 1. The molecule has 1 atom stereocenters. The molecule has 106 valence electrons. The van der Waals surface area contributed by atoms with E-state index in [-0.39, 0.29) is 10.6 Å². The van der Waals surface area contributed by atoms with Crippen molar-refractivity contribution in [3.8, 4) is 0 Å². The van der Waals surface area contributed by atoms with E-state index in [1.807, 2.05) is 0 Å². The summed E-state index contributed by atoms with van der Waals surface area (Å²) in [6, 6.07) is 4.79. The second-order valence-electron chi connectivity index (χ2n) is 3.92. The fraction of sp³-hybridized carbons (Fsp3) is 0.364. The highest BCUT2D eigenvalue weighted by atomic mass is 32.2. The van der Waals surface area contributed by atoms with Crippen LogP contribution < -0.4 is 11.1 Å². The maximum absolute atomic E-state index is 11.9. The van der Waals surface area contributed by atoms with E-state index in [0.29, 0.717) is 0 Å². The van der Waals surface area contributed by atoms with E-state index < -0.39 is 35.2 Å². The number of anilines is 1. The first-order valence-electron chi connectivity index (χ1n) is 5.27. The summed E-state index contributed by atoms with van der Waals surface area (Å²) in [7, 11) is -1.77. The summed E-state index contributed by atoms with van der Waals surface area (Å²) >= 11 is 0. The van der Waals surface area contributed by atoms with Gasteiger partial charge in [-0.3, -0.25) is 9.00 Å². The molecule has 1 amide bonds. The van der Waals surface area contributed by atoms with Gasteiger partial charge in [-0.1, -0.05) is 6.07 Å². The predicted octanol–water partition coefficient (Wildman–Crippen LogP) is 1.36. The van der Waals surface area contributed by atoms with Crippen LogP contribution in [-0.2, 0) is 15.6 Å². The maximum atomic E-state index is 11.9. The van der Waals surface area contributed by atoms with E-state index in [4.69, 9.17) is 5.73 Å². The van der Waals surface area contributed by atoms with E-state index in [2.05, 4.69) is 0 Å². The van der Waals surface area contributed by atoms with Crippen molar-refractivity contribution in [1.29, 1.82) is 0 Å². The van der Waals surface area contributed by atoms with Crippen LogP contribution in [0.3, 0.4) is 0 Å². The van der Waals surface area contributed by atoms with Crippen LogP contribution >= 0.6 is 0 Å². The molecule has 1 rings (SSSR count). The smallest absolute Gasteiger partial charge is 0.398 e. The van der Waals surface area contributed by atoms with E-state index in [0.717, 1.165) is 5.56 Å². The minimum Gasteiger partial charge on any atom is -0.398 e. The lowest BCUT2D eigenvalue weighted by molar-refractivity contribution is -0.136. The van der Waals surface area contributed by atoms with Crippen molar-refractivity contribution in [2.24, 2.45) is 0 Å². The zero-order valence-corrected chi connectivity index (χ0v) is 10.9. The van der Waals surface area contributed by atoms with Gasteiger partial charge in [-0.05, 0) is 24.6 Å². The molecular weight excluding hydrogens is 281 g/mol. The van der Waals surface area contributed by atoms with Gasteiger partial charge in [0.25, 0.3) is 0 Å². The van der Waals surface area contributed by atoms with E-state index in [1.165, 1.54) is 6.07 Å². The average Bonchev–Trinajstić information content (AvgIpc) is 2.28. The van der Waals surface area contributed by atoms with Gasteiger partial charge in [0.2, 0.25) is 5.91 Å². The minimum absolute atomic E-state index is 0.243. The van der Waals surface area contributed by atoms with Crippen molar-refractivity contribution in [2.45, 2.75) is 18.0 Å². The van der Waals surface area contributed by atoms with Gasteiger partial charge in [0, 0.05) is 5.69 Å². The third-order valence-corrected chi connectivity index (χ3v) is 3.53. The first kappa shape index (κ1) is 15.5. The highest BCUT2D eigenvalue weighted by molar-refractivity contribution is 7.86. The quantitative estimate of drug-likeness (QED) is 0.824. The zero-order chi connectivity index (χ0) is 14.6. The van der Waals surface area contributed by atoms with E-state index in [1.54, 1.807) is 24.4 Å². The Balaban J connectivity index is 2.64. The summed E-state index contributed by atoms with van der Waals surface area (Å²) in [4.78, 5) is 11.5. The molecule has 0 bridgehead atoms. The van der Waals surface area contributed by atoms with Gasteiger partial charge in [-0.15, -0.1) is 0 Å². The molecule has 0 radical (unpaired) electrons. The third-order valence-electron chi connectivity index (χ3n) is 2.16. The second-order valence-corrected chi connectivity index (χ2v) is 5.34. The number of nitrogen functional groups attached to an aromatic ring is 1. The number of carbonyl (C=O) groups excluding carboxylic acids is 1. The number of carbonyl (C=O) groups is 1. The molecule has 0 fully saturated rings. The van der Waals surface area contributed by atoms with Gasteiger partial charge in [0.05, 0.1) is 15.7 Å². The maximum Gasteiger partial charge on any atom is 0.405 e. The van der Waals surface area contributed by atoms with Crippen molar-refractivity contribution in [1.82, 2.24) is 5.32 Å². The number of benzene rings is 1. The summed E-state index contributed by atoms with van der Waals surface area (Å²) in [6.45, 7) is 0.316. The monoisotopic (exact) mass is 294 g/mol. The average molecular weight is 294 g/mol. The highest BCUT2D eigenvalue weighted by Gasteiger charge is 2.28. The molecule has 0 aromatic heterocycles. The third kappa shape index (κ3) is 5.29. The lowest BCUT2D eigenvalue weighted by atomic mass is 10.2.